The first-order chi connectivity index (χ1) is 10.6. The molecule has 23 heavy (non-hydrogen) atoms. The van der Waals surface area contributed by atoms with Crippen LogP contribution in [0, 0.1) is 0 Å². The summed E-state index contributed by atoms with van der Waals surface area (Å²) in [4.78, 5) is 11.2. The van der Waals surface area contributed by atoms with E-state index in [0.29, 0.717) is 11.8 Å². The summed E-state index contributed by atoms with van der Waals surface area (Å²) in [6, 6.07) is 0.200. The van der Waals surface area contributed by atoms with Crippen LogP contribution in [0.3, 0.4) is 0 Å². The molecule has 1 aliphatic heterocycles. The van der Waals surface area contributed by atoms with Crippen molar-refractivity contribution in [1.29, 1.82) is 0 Å². The first kappa shape index (κ1) is 17.9. The summed E-state index contributed by atoms with van der Waals surface area (Å²) < 4.78 is 7.57. The fraction of sp³-hybridized carbons (Fsp3) is 0.667. The zero-order chi connectivity index (χ0) is 15.5. The van der Waals surface area contributed by atoms with Gasteiger partial charge in [0.2, 0.25) is 5.89 Å². The van der Waals surface area contributed by atoms with Gasteiger partial charge < -0.3 is 14.4 Å². The average Bonchev–Trinajstić information content (AvgIpc) is 3.14. The van der Waals surface area contributed by atoms with Crippen LogP contribution in [0.15, 0.2) is 16.9 Å². The molecule has 7 nitrogen and oxygen atoms in total. The van der Waals surface area contributed by atoms with Crippen molar-refractivity contribution in [3.8, 4) is 0 Å². The smallest absolute Gasteiger partial charge is 0.228 e. The van der Waals surface area contributed by atoms with Crippen molar-refractivity contribution < 1.29 is 4.52 Å². The molecule has 1 saturated heterocycles. The molecule has 1 unspecified atom stereocenters. The maximum atomic E-state index is 5.42. The summed E-state index contributed by atoms with van der Waals surface area (Å²) in [6.07, 6.45) is 4.58. The lowest BCUT2D eigenvalue weighted by Gasteiger charge is -2.30. The Balaban J connectivity index is 0.00000192. The first-order valence-corrected chi connectivity index (χ1v) is 7.89. The molecule has 1 N–H and O–H groups in total. The molecule has 128 valence electrons. The SMILES string of the molecule is CC(C)c1nccn1CCc1nc(C2CNCCN2C)no1.Cl. The van der Waals surface area contributed by atoms with Gasteiger partial charge in [0.05, 0.1) is 6.04 Å². The number of aromatic nitrogens is 4. The summed E-state index contributed by atoms with van der Waals surface area (Å²) in [5, 5.41) is 7.53. The van der Waals surface area contributed by atoms with Gasteiger partial charge in [-0.1, -0.05) is 19.0 Å². The van der Waals surface area contributed by atoms with Crippen LogP contribution >= 0.6 is 12.4 Å². The molecule has 0 amide bonds. The van der Waals surface area contributed by atoms with Gasteiger partial charge in [-0.2, -0.15) is 4.98 Å². The normalized spacial score (nSPS) is 19.0. The van der Waals surface area contributed by atoms with Crippen LogP contribution in [0.4, 0.5) is 0 Å². The lowest BCUT2D eigenvalue weighted by Crippen LogP contribution is -2.44. The van der Waals surface area contributed by atoms with E-state index in [9.17, 15) is 0 Å². The molecule has 0 bridgehead atoms. The van der Waals surface area contributed by atoms with Crippen LogP contribution in [0.5, 0.6) is 0 Å². The van der Waals surface area contributed by atoms with Crippen molar-refractivity contribution in [1.82, 2.24) is 29.9 Å². The predicted octanol–water partition coefficient (Wildman–Crippen LogP) is 1.63. The molecule has 2 aromatic heterocycles. The molecule has 8 heteroatoms. The number of hydrogen-bond acceptors (Lipinski definition) is 6. The molecule has 0 spiro atoms. The molecule has 1 aliphatic rings. The molecule has 0 aliphatic carbocycles. The van der Waals surface area contributed by atoms with Crippen molar-refractivity contribution >= 4 is 12.4 Å². The number of imidazole rings is 1. The highest BCUT2D eigenvalue weighted by Gasteiger charge is 2.25. The third-order valence-electron chi connectivity index (χ3n) is 4.12. The molecule has 1 atom stereocenters. The van der Waals surface area contributed by atoms with Crippen molar-refractivity contribution in [3.05, 3.63) is 29.9 Å². The predicted molar refractivity (Wildman–Crippen MR) is 89.8 cm³/mol. The monoisotopic (exact) mass is 340 g/mol. The van der Waals surface area contributed by atoms with E-state index in [1.807, 2.05) is 12.4 Å². The van der Waals surface area contributed by atoms with Crippen LogP contribution in [0.2, 0.25) is 0 Å². The fourth-order valence-electron chi connectivity index (χ4n) is 2.83. The molecule has 2 aromatic rings. The van der Waals surface area contributed by atoms with Gasteiger partial charge in [-0.15, -0.1) is 12.4 Å². The Kier molecular flexibility index (Phi) is 6.15. The van der Waals surface area contributed by atoms with Gasteiger partial charge in [0.25, 0.3) is 0 Å². The van der Waals surface area contributed by atoms with Gasteiger partial charge >= 0.3 is 0 Å². The maximum absolute atomic E-state index is 5.42. The number of halogens is 1. The summed E-state index contributed by atoms with van der Waals surface area (Å²) in [5.74, 6) is 2.97. The number of hydrogen-bond donors (Lipinski definition) is 1. The molecule has 0 radical (unpaired) electrons. The molecule has 0 aromatic carbocycles. The minimum atomic E-state index is 0. The van der Waals surface area contributed by atoms with E-state index in [1.54, 1.807) is 0 Å². The van der Waals surface area contributed by atoms with E-state index < -0.39 is 0 Å². The van der Waals surface area contributed by atoms with Crippen molar-refractivity contribution in [2.45, 2.75) is 38.8 Å². The van der Waals surface area contributed by atoms with Gasteiger partial charge in [-0.05, 0) is 7.05 Å². The van der Waals surface area contributed by atoms with E-state index >= 15 is 0 Å². The standard InChI is InChI=1S/C15H24N6O.ClH/c1-11(2)15-17-6-9-21(15)7-4-13-18-14(19-22-13)12-10-16-5-8-20(12)3;/h6,9,11-12,16H,4-5,7-8,10H2,1-3H3;1H. The summed E-state index contributed by atoms with van der Waals surface area (Å²) in [6.45, 7) is 7.99. The Bertz CT molecular complexity index is 611. The average molecular weight is 341 g/mol. The third-order valence-corrected chi connectivity index (χ3v) is 4.12. The highest BCUT2D eigenvalue weighted by Crippen LogP contribution is 2.18. The molecular weight excluding hydrogens is 316 g/mol. The highest BCUT2D eigenvalue weighted by atomic mass is 35.5. The van der Waals surface area contributed by atoms with E-state index in [-0.39, 0.29) is 18.4 Å². The summed E-state index contributed by atoms with van der Waals surface area (Å²) >= 11 is 0. The zero-order valence-corrected chi connectivity index (χ0v) is 14.7. The second kappa shape index (κ2) is 7.90. The first-order valence-electron chi connectivity index (χ1n) is 7.89. The minimum Gasteiger partial charge on any atom is -0.339 e. The summed E-state index contributed by atoms with van der Waals surface area (Å²) in [5.41, 5.74) is 0. The van der Waals surface area contributed by atoms with Crippen LogP contribution in [-0.4, -0.2) is 51.3 Å². The Labute approximate surface area is 142 Å². The van der Waals surface area contributed by atoms with E-state index in [4.69, 9.17) is 4.52 Å². The minimum absolute atomic E-state index is 0. The quantitative estimate of drug-likeness (QED) is 0.892. The molecule has 3 heterocycles. The van der Waals surface area contributed by atoms with E-state index in [2.05, 4.69) is 50.8 Å². The highest BCUT2D eigenvalue weighted by molar-refractivity contribution is 5.85. The third kappa shape index (κ3) is 4.10. The Hall–Kier alpha value is -1.44. The number of aryl methyl sites for hydroxylation is 2. The lowest BCUT2D eigenvalue weighted by atomic mass is 10.2. The molecular formula is C15H25ClN6O. The largest absolute Gasteiger partial charge is 0.339 e. The number of piperazine rings is 1. The molecule has 3 rings (SSSR count). The Morgan fingerprint density at radius 3 is 3.00 bits per heavy atom. The Morgan fingerprint density at radius 1 is 1.43 bits per heavy atom. The van der Waals surface area contributed by atoms with Crippen LogP contribution in [0.1, 0.15) is 43.3 Å². The van der Waals surface area contributed by atoms with Crippen molar-refractivity contribution in [2.24, 2.45) is 0 Å². The van der Waals surface area contributed by atoms with E-state index in [1.165, 1.54) is 0 Å². The summed E-state index contributed by atoms with van der Waals surface area (Å²) in [7, 11) is 2.10. The number of rotatable bonds is 5. The van der Waals surface area contributed by atoms with Gasteiger partial charge in [-0.25, -0.2) is 4.98 Å². The van der Waals surface area contributed by atoms with Crippen molar-refractivity contribution in [3.63, 3.8) is 0 Å². The number of likely N-dealkylation sites (N-methyl/N-ethyl adjacent to an activating group) is 1. The van der Waals surface area contributed by atoms with Gasteiger partial charge in [0.1, 0.15) is 5.82 Å². The second-order valence-corrected chi connectivity index (χ2v) is 6.13. The lowest BCUT2D eigenvalue weighted by molar-refractivity contribution is 0.190. The number of nitrogens with zero attached hydrogens (tertiary/aromatic N) is 5. The van der Waals surface area contributed by atoms with Crippen LogP contribution in [-0.2, 0) is 13.0 Å². The fourth-order valence-corrected chi connectivity index (χ4v) is 2.83. The molecule has 0 saturated carbocycles. The topological polar surface area (TPSA) is 72.0 Å². The van der Waals surface area contributed by atoms with Crippen LogP contribution in [0.25, 0.3) is 0 Å². The van der Waals surface area contributed by atoms with Gasteiger partial charge in [-0.3, -0.25) is 4.90 Å². The van der Waals surface area contributed by atoms with Crippen LogP contribution < -0.4 is 5.32 Å². The Morgan fingerprint density at radius 2 is 2.26 bits per heavy atom. The zero-order valence-electron chi connectivity index (χ0n) is 13.9. The van der Waals surface area contributed by atoms with Gasteiger partial charge in [0, 0.05) is 50.9 Å². The van der Waals surface area contributed by atoms with E-state index in [0.717, 1.165) is 44.2 Å². The van der Waals surface area contributed by atoms with Crippen molar-refractivity contribution in [2.75, 3.05) is 26.7 Å². The second-order valence-electron chi connectivity index (χ2n) is 6.13. The maximum Gasteiger partial charge on any atom is 0.228 e. The van der Waals surface area contributed by atoms with Gasteiger partial charge in [0.15, 0.2) is 5.82 Å². The number of nitrogens with one attached hydrogen (secondary N) is 1. The molecule has 1 fully saturated rings.